The van der Waals surface area contributed by atoms with Gasteiger partial charge in [-0.2, -0.15) is 0 Å². The lowest BCUT2D eigenvalue weighted by Gasteiger charge is -2.20. The third-order valence-electron chi connectivity index (χ3n) is 3.45. The Morgan fingerprint density at radius 1 is 1.42 bits per heavy atom. The van der Waals surface area contributed by atoms with E-state index in [1.165, 1.54) is 12.8 Å². The van der Waals surface area contributed by atoms with Gasteiger partial charge in [-0.15, -0.1) is 0 Å². The van der Waals surface area contributed by atoms with Crippen LogP contribution in [0.1, 0.15) is 35.9 Å². The average Bonchev–Trinajstić information content (AvgIpc) is 3.11. The number of nitrogens with two attached hydrogens (primary N) is 1. The fourth-order valence-electron chi connectivity index (χ4n) is 2.15. The van der Waals surface area contributed by atoms with Gasteiger partial charge in [0.1, 0.15) is 23.2 Å². The van der Waals surface area contributed by atoms with E-state index in [1.807, 2.05) is 26.1 Å². The van der Waals surface area contributed by atoms with Crippen molar-refractivity contribution in [1.82, 2.24) is 9.97 Å². The summed E-state index contributed by atoms with van der Waals surface area (Å²) in [5, 5.41) is 0. The van der Waals surface area contributed by atoms with E-state index in [-0.39, 0.29) is 0 Å². The summed E-state index contributed by atoms with van der Waals surface area (Å²) < 4.78 is 5.37. The largest absolute Gasteiger partial charge is 0.467 e. The van der Waals surface area contributed by atoms with Crippen molar-refractivity contribution in [3.63, 3.8) is 0 Å². The van der Waals surface area contributed by atoms with E-state index in [4.69, 9.17) is 10.2 Å². The van der Waals surface area contributed by atoms with Crippen LogP contribution in [-0.4, -0.2) is 17.0 Å². The van der Waals surface area contributed by atoms with Crippen LogP contribution >= 0.6 is 0 Å². The Morgan fingerprint density at radius 3 is 2.84 bits per heavy atom. The number of nitrogen functional groups attached to an aromatic ring is 1. The Labute approximate surface area is 112 Å². The minimum atomic E-state index is 0.499. The number of anilines is 2. The average molecular weight is 258 g/mol. The monoisotopic (exact) mass is 258 g/mol. The Balaban J connectivity index is 1.89. The minimum absolute atomic E-state index is 0.499. The molecule has 0 saturated heterocycles. The second-order valence-electron chi connectivity index (χ2n) is 5.13. The fourth-order valence-corrected chi connectivity index (χ4v) is 2.15. The normalized spacial score (nSPS) is 14.6. The first-order valence-electron chi connectivity index (χ1n) is 6.52. The number of nitrogens with zero attached hydrogens (tertiary/aromatic N) is 3. The number of furan rings is 1. The molecule has 5 heteroatoms. The SMILES string of the molecule is Cc1c(N)nc(C2CC2)nc1N(C)Cc1ccco1. The Bertz CT molecular complexity index is 575. The summed E-state index contributed by atoms with van der Waals surface area (Å²) in [6.45, 7) is 2.63. The summed E-state index contributed by atoms with van der Waals surface area (Å²) >= 11 is 0. The molecular formula is C14H18N4O. The van der Waals surface area contributed by atoms with Crippen molar-refractivity contribution >= 4 is 11.6 Å². The molecule has 0 unspecified atom stereocenters. The molecule has 2 aromatic rings. The van der Waals surface area contributed by atoms with Crippen molar-refractivity contribution in [3.8, 4) is 0 Å². The molecule has 2 heterocycles. The molecule has 0 aliphatic heterocycles. The van der Waals surface area contributed by atoms with E-state index in [9.17, 15) is 0 Å². The Kier molecular flexibility index (Phi) is 2.89. The molecule has 2 N–H and O–H groups in total. The van der Waals surface area contributed by atoms with Gasteiger partial charge in [-0.05, 0) is 31.9 Å². The molecule has 0 radical (unpaired) electrons. The van der Waals surface area contributed by atoms with Crippen molar-refractivity contribution < 1.29 is 4.42 Å². The minimum Gasteiger partial charge on any atom is -0.467 e. The van der Waals surface area contributed by atoms with Gasteiger partial charge in [0.15, 0.2) is 0 Å². The van der Waals surface area contributed by atoms with Gasteiger partial charge in [0.2, 0.25) is 0 Å². The van der Waals surface area contributed by atoms with E-state index in [2.05, 4.69) is 14.9 Å². The van der Waals surface area contributed by atoms with Crippen LogP contribution in [0.5, 0.6) is 0 Å². The van der Waals surface area contributed by atoms with E-state index in [0.29, 0.717) is 18.3 Å². The number of aromatic nitrogens is 2. The maximum Gasteiger partial charge on any atom is 0.137 e. The molecule has 2 aromatic heterocycles. The van der Waals surface area contributed by atoms with Gasteiger partial charge in [-0.25, -0.2) is 9.97 Å². The van der Waals surface area contributed by atoms with Crippen molar-refractivity contribution in [2.45, 2.75) is 32.2 Å². The Hall–Kier alpha value is -2.04. The van der Waals surface area contributed by atoms with E-state index in [0.717, 1.165) is 23.0 Å². The van der Waals surface area contributed by atoms with Crippen LogP contribution < -0.4 is 10.6 Å². The second kappa shape index (κ2) is 4.57. The molecule has 100 valence electrons. The lowest BCUT2D eigenvalue weighted by molar-refractivity contribution is 0.506. The van der Waals surface area contributed by atoms with Crippen molar-refractivity contribution in [2.75, 3.05) is 17.7 Å². The standard InChI is InChI=1S/C14H18N4O/c1-9-12(15)16-13(10-5-6-10)17-14(9)18(2)8-11-4-3-7-19-11/h3-4,7,10H,5-6,8H2,1-2H3,(H2,15,16,17). The zero-order valence-electron chi connectivity index (χ0n) is 11.3. The van der Waals surface area contributed by atoms with E-state index >= 15 is 0 Å². The van der Waals surface area contributed by atoms with Gasteiger partial charge in [-0.3, -0.25) is 0 Å². The lowest BCUT2D eigenvalue weighted by Crippen LogP contribution is -2.20. The van der Waals surface area contributed by atoms with Gasteiger partial charge in [0.05, 0.1) is 12.8 Å². The fraction of sp³-hybridized carbons (Fsp3) is 0.429. The van der Waals surface area contributed by atoms with Crippen LogP contribution in [0.3, 0.4) is 0 Å². The third-order valence-corrected chi connectivity index (χ3v) is 3.45. The van der Waals surface area contributed by atoms with Gasteiger partial charge in [0, 0.05) is 18.5 Å². The molecule has 0 bridgehead atoms. The highest BCUT2D eigenvalue weighted by atomic mass is 16.3. The first-order valence-corrected chi connectivity index (χ1v) is 6.52. The lowest BCUT2D eigenvalue weighted by atomic mass is 10.2. The molecule has 1 aliphatic carbocycles. The summed E-state index contributed by atoms with van der Waals surface area (Å²) in [5.74, 6) is 3.76. The predicted molar refractivity (Wildman–Crippen MR) is 74.0 cm³/mol. The first-order chi connectivity index (χ1) is 9.15. The molecule has 0 amide bonds. The summed E-state index contributed by atoms with van der Waals surface area (Å²) in [5.41, 5.74) is 6.93. The zero-order chi connectivity index (χ0) is 13.4. The highest BCUT2D eigenvalue weighted by Crippen LogP contribution is 2.39. The van der Waals surface area contributed by atoms with Gasteiger partial charge < -0.3 is 15.1 Å². The number of hydrogen-bond donors (Lipinski definition) is 1. The molecular weight excluding hydrogens is 240 g/mol. The quantitative estimate of drug-likeness (QED) is 0.912. The van der Waals surface area contributed by atoms with Crippen LogP contribution in [0.15, 0.2) is 22.8 Å². The number of rotatable bonds is 4. The third kappa shape index (κ3) is 2.41. The van der Waals surface area contributed by atoms with E-state index < -0.39 is 0 Å². The van der Waals surface area contributed by atoms with Crippen LogP contribution in [0.4, 0.5) is 11.6 Å². The summed E-state index contributed by atoms with van der Waals surface area (Å²) in [7, 11) is 1.99. The summed E-state index contributed by atoms with van der Waals surface area (Å²) in [6, 6.07) is 3.85. The number of hydrogen-bond acceptors (Lipinski definition) is 5. The van der Waals surface area contributed by atoms with Gasteiger partial charge >= 0.3 is 0 Å². The molecule has 1 saturated carbocycles. The van der Waals surface area contributed by atoms with Crippen molar-refractivity contribution in [1.29, 1.82) is 0 Å². The smallest absolute Gasteiger partial charge is 0.137 e. The maximum atomic E-state index is 6.00. The molecule has 1 fully saturated rings. The molecule has 0 spiro atoms. The maximum absolute atomic E-state index is 6.00. The highest BCUT2D eigenvalue weighted by Gasteiger charge is 2.28. The molecule has 5 nitrogen and oxygen atoms in total. The van der Waals surface area contributed by atoms with Crippen LogP contribution in [0.2, 0.25) is 0 Å². The van der Waals surface area contributed by atoms with Crippen LogP contribution in [-0.2, 0) is 6.54 Å². The van der Waals surface area contributed by atoms with E-state index in [1.54, 1.807) is 6.26 Å². The zero-order valence-corrected chi connectivity index (χ0v) is 11.3. The summed E-state index contributed by atoms with van der Waals surface area (Å²) in [6.07, 6.45) is 4.02. The topological polar surface area (TPSA) is 68.2 Å². The first kappa shape index (κ1) is 12.0. The van der Waals surface area contributed by atoms with Crippen molar-refractivity contribution in [2.24, 2.45) is 0 Å². The molecule has 0 atom stereocenters. The molecule has 19 heavy (non-hydrogen) atoms. The second-order valence-corrected chi connectivity index (χ2v) is 5.13. The summed E-state index contributed by atoms with van der Waals surface area (Å²) in [4.78, 5) is 11.1. The predicted octanol–water partition coefficient (Wildman–Crippen LogP) is 2.47. The van der Waals surface area contributed by atoms with Crippen LogP contribution in [0.25, 0.3) is 0 Å². The Morgan fingerprint density at radius 2 is 2.21 bits per heavy atom. The van der Waals surface area contributed by atoms with Crippen molar-refractivity contribution in [3.05, 3.63) is 35.5 Å². The van der Waals surface area contributed by atoms with Gasteiger partial charge in [0.25, 0.3) is 0 Å². The highest BCUT2D eigenvalue weighted by molar-refractivity contribution is 5.56. The molecule has 3 rings (SSSR count). The molecule has 0 aromatic carbocycles. The van der Waals surface area contributed by atoms with Gasteiger partial charge in [-0.1, -0.05) is 0 Å². The molecule has 1 aliphatic rings. The van der Waals surface area contributed by atoms with Crippen LogP contribution in [0, 0.1) is 6.92 Å².